The highest BCUT2D eigenvalue weighted by Gasteiger charge is 2.35. The van der Waals surface area contributed by atoms with Crippen LogP contribution in [0.4, 0.5) is 4.79 Å². The van der Waals surface area contributed by atoms with Crippen LogP contribution < -0.4 is 10.1 Å². The summed E-state index contributed by atoms with van der Waals surface area (Å²) < 4.78 is 5.16. The molecule has 0 saturated heterocycles. The number of fused-ring (bicyclic) bond motifs is 1. The molecule has 1 aliphatic carbocycles. The van der Waals surface area contributed by atoms with E-state index in [1.54, 1.807) is 12.1 Å². The molecule has 8 nitrogen and oxygen atoms in total. The number of aliphatic hydroxyl groups is 1. The molecule has 2 heterocycles. The predicted molar refractivity (Wildman–Crippen MR) is 103 cm³/mol. The number of amides is 1. The molecule has 3 rings (SSSR count). The molecule has 28 heavy (non-hydrogen) atoms. The van der Waals surface area contributed by atoms with Crippen LogP contribution in [0.25, 0.3) is 11.0 Å². The van der Waals surface area contributed by atoms with Crippen molar-refractivity contribution in [1.29, 1.82) is 0 Å². The molecule has 150 valence electrons. The van der Waals surface area contributed by atoms with Gasteiger partial charge in [-0.2, -0.15) is 0 Å². The fourth-order valence-corrected chi connectivity index (χ4v) is 4.15. The second-order valence-electron chi connectivity index (χ2n) is 6.96. The average Bonchev–Trinajstić information content (AvgIpc) is 2.68. The van der Waals surface area contributed by atoms with Gasteiger partial charge in [-0.25, -0.2) is 9.78 Å². The van der Waals surface area contributed by atoms with Crippen LogP contribution in [0, 0.1) is 11.8 Å². The summed E-state index contributed by atoms with van der Waals surface area (Å²) in [6, 6.07) is 3.24. The summed E-state index contributed by atoms with van der Waals surface area (Å²) in [4.78, 5) is 31.3. The van der Waals surface area contributed by atoms with Crippen molar-refractivity contribution in [2.75, 3.05) is 7.11 Å². The zero-order valence-electron chi connectivity index (χ0n) is 15.3. The molecule has 1 fully saturated rings. The third-order valence-electron chi connectivity index (χ3n) is 5.35. The number of methoxy groups -OCH3 is 1. The van der Waals surface area contributed by atoms with Gasteiger partial charge in [0.15, 0.2) is 0 Å². The molecule has 0 spiro atoms. The third-order valence-corrected chi connectivity index (χ3v) is 5.65. The largest absolute Gasteiger partial charge is 0.481 e. The molecule has 1 saturated carbocycles. The zero-order chi connectivity index (χ0) is 20.3. The van der Waals surface area contributed by atoms with Crippen molar-refractivity contribution in [3.8, 4) is 5.88 Å². The van der Waals surface area contributed by atoms with Crippen molar-refractivity contribution in [2.45, 2.75) is 37.8 Å². The van der Waals surface area contributed by atoms with Crippen LogP contribution in [0.2, 0.25) is 5.02 Å². The number of carbonyl (C=O) groups excluding carboxylic acids is 1. The van der Waals surface area contributed by atoms with E-state index in [0.29, 0.717) is 48.2 Å². The van der Waals surface area contributed by atoms with Crippen LogP contribution >= 0.6 is 11.6 Å². The van der Waals surface area contributed by atoms with E-state index in [0.717, 1.165) is 6.29 Å². The van der Waals surface area contributed by atoms with E-state index in [-0.39, 0.29) is 17.0 Å². The molecule has 2 unspecified atom stereocenters. The number of hydrogen-bond acceptors (Lipinski definition) is 6. The lowest BCUT2D eigenvalue weighted by atomic mass is 9.75. The molecule has 1 amide bonds. The number of aldehydes is 1. The van der Waals surface area contributed by atoms with Gasteiger partial charge in [0.2, 0.25) is 5.88 Å². The van der Waals surface area contributed by atoms with Gasteiger partial charge in [0.1, 0.15) is 11.8 Å². The predicted octanol–water partition coefficient (Wildman–Crippen LogP) is 2.97. The summed E-state index contributed by atoms with van der Waals surface area (Å²) in [5.41, 5.74) is 1.29. The number of rotatable bonds is 6. The fraction of sp³-hybridized carbons (Fsp3) is 0.474. The molecular weight excluding hydrogens is 386 g/mol. The van der Waals surface area contributed by atoms with Gasteiger partial charge in [-0.1, -0.05) is 11.6 Å². The normalized spacial score (nSPS) is 21.7. The number of pyridine rings is 2. The number of ether oxygens (including phenoxy) is 1. The van der Waals surface area contributed by atoms with Gasteiger partial charge in [0.25, 0.3) is 0 Å². The molecule has 1 aliphatic rings. The summed E-state index contributed by atoms with van der Waals surface area (Å²) in [5.74, 6) is -0.404. The first kappa shape index (κ1) is 20.3. The SMILES string of the molecule is COc1ccc2ncc(Cl)c(C(O)C(C=O)C3CCC(NC(=O)O)CC3)c2n1. The molecule has 9 heteroatoms. The Hall–Kier alpha value is -2.45. The lowest BCUT2D eigenvalue weighted by molar-refractivity contribution is -0.117. The summed E-state index contributed by atoms with van der Waals surface area (Å²) >= 11 is 6.32. The van der Waals surface area contributed by atoms with Gasteiger partial charge in [0.05, 0.1) is 23.8 Å². The summed E-state index contributed by atoms with van der Waals surface area (Å²) in [6.45, 7) is 0. The van der Waals surface area contributed by atoms with Gasteiger partial charge >= 0.3 is 6.09 Å². The highest BCUT2D eigenvalue weighted by atomic mass is 35.5. The Bertz CT molecular complexity index is 870. The number of aromatic nitrogens is 2. The van der Waals surface area contributed by atoms with Crippen LogP contribution in [0.1, 0.15) is 37.4 Å². The van der Waals surface area contributed by atoms with E-state index < -0.39 is 18.1 Å². The van der Waals surface area contributed by atoms with E-state index in [1.807, 2.05) is 0 Å². The molecule has 2 atom stereocenters. The highest BCUT2D eigenvalue weighted by Crippen LogP contribution is 2.40. The number of nitrogens with zero attached hydrogens (tertiary/aromatic N) is 2. The smallest absolute Gasteiger partial charge is 0.404 e. The van der Waals surface area contributed by atoms with Gasteiger partial charge in [0, 0.05) is 29.8 Å². The first-order chi connectivity index (χ1) is 13.4. The van der Waals surface area contributed by atoms with Gasteiger partial charge in [-0.05, 0) is 37.7 Å². The molecular formula is C19H22ClN3O5. The van der Waals surface area contributed by atoms with Crippen LogP contribution in [0.5, 0.6) is 5.88 Å². The average molecular weight is 408 g/mol. The van der Waals surface area contributed by atoms with Crippen molar-refractivity contribution in [3.05, 3.63) is 28.9 Å². The van der Waals surface area contributed by atoms with Crippen molar-refractivity contribution in [1.82, 2.24) is 15.3 Å². The summed E-state index contributed by atoms with van der Waals surface area (Å²) in [6.07, 6.45) is 2.48. The summed E-state index contributed by atoms with van der Waals surface area (Å²) in [5, 5.41) is 22.6. The Labute approximate surface area is 166 Å². The van der Waals surface area contributed by atoms with Gasteiger partial charge in [-0.3, -0.25) is 4.98 Å². The van der Waals surface area contributed by atoms with E-state index >= 15 is 0 Å². The van der Waals surface area contributed by atoms with Crippen molar-refractivity contribution >= 4 is 35.0 Å². The Morgan fingerprint density at radius 2 is 2.07 bits per heavy atom. The summed E-state index contributed by atoms with van der Waals surface area (Å²) in [7, 11) is 1.49. The van der Waals surface area contributed by atoms with E-state index in [2.05, 4.69) is 15.3 Å². The van der Waals surface area contributed by atoms with E-state index in [4.69, 9.17) is 21.4 Å². The second kappa shape index (κ2) is 8.70. The Morgan fingerprint density at radius 1 is 1.36 bits per heavy atom. The highest BCUT2D eigenvalue weighted by molar-refractivity contribution is 6.32. The zero-order valence-corrected chi connectivity index (χ0v) is 16.1. The molecule has 2 aromatic rings. The first-order valence-corrected chi connectivity index (χ1v) is 9.44. The molecule has 0 radical (unpaired) electrons. The van der Waals surface area contributed by atoms with Crippen molar-refractivity contribution < 1.29 is 24.5 Å². The second-order valence-corrected chi connectivity index (χ2v) is 7.37. The number of aliphatic hydroxyl groups excluding tert-OH is 1. The van der Waals surface area contributed by atoms with Crippen LogP contribution in [-0.4, -0.2) is 45.7 Å². The quantitative estimate of drug-likeness (QED) is 0.629. The maximum absolute atomic E-state index is 11.9. The topological polar surface area (TPSA) is 122 Å². The minimum Gasteiger partial charge on any atom is -0.481 e. The number of carbonyl (C=O) groups is 2. The number of halogens is 1. The first-order valence-electron chi connectivity index (χ1n) is 9.06. The van der Waals surface area contributed by atoms with E-state index in [1.165, 1.54) is 13.3 Å². The van der Waals surface area contributed by atoms with Crippen molar-refractivity contribution in [2.24, 2.45) is 11.8 Å². The number of carboxylic acid groups (broad SMARTS) is 1. The minimum absolute atomic E-state index is 0.0794. The minimum atomic E-state index is -1.15. The maximum Gasteiger partial charge on any atom is 0.404 e. The van der Waals surface area contributed by atoms with E-state index in [9.17, 15) is 14.7 Å². The third kappa shape index (κ3) is 4.18. The van der Waals surface area contributed by atoms with Crippen LogP contribution in [0.3, 0.4) is 0 Å². The molecule has 0 aliphatic heterocycles. The molecule has 0 bridgehead atoms. The van der Waals surface area contributed by atoms with Crippen LogP contribution in [0.15, 0.2) is 18.3 Å². The van der Waals surface area contributed by atoms with Gasteiger partial charge < -0.3 is 25.1 Å². The fourth-order valence-electron chi connectivity index (χ4n) is 3.90. The van der Waals surface area contributed by atoms with Crippen LogP contribution in [-0.2, 0) is 4.79 Å². The number of hydrogen-bond donors (Lipinski definition) is 3. The Balaban J connectivity index is 1.87. The Morgan fingerprint density at radius 3 is 2.68 bits per heavy atom. The maximum atomic E-state index is 11.9. The molecule has 0 aromatic carbocycles. The van der Waals surface area contributed by atoms with Crippen molar-refractivity contribution in [3.63, 3.8) is 0 Å². The molecule has 3 N–H and O–H groups in total. The Kier molecular flexibility index (Phi) is 6.31. The monoisotopic (exact) mass is 407 g/mol. The lowest BCUT2D eigenvalue weighted by Gasteiger charge is -2.33. The standard InChI is InChI=1S/C19H22ClN3O5/c1-28-15-7-6-14-17(23-15)16(13(20)8-21-14)18(25)12(9-24)10-2-4-11(5-3-10)22-19(26)27/h6-12,18,22,25H,2-5H2,1H3,(H,26,27). The lowest BCUT2D eigenvalue weighted by Crippen LogP contribution is -2.38. The molecule has 2 aromatic heterocycles. The number of nitrogens with one attached hydrogen (secondary N) is 1. The van der Waals surface area contributed by atoms with Gasteiger partial charge in [-0.15, -0.1) is 0 Å².